The van der Waals surface area contributed by atoms with Crippen LogP contribution in [-0.4, -0.2) is 21.4 Å². The Morgan fingerprint density at radius 1 is 1.21 bits per heavy atom. The lowest BCUT2D eigenvalue weighted by Crippen LogP contribution is -2.35. The predicted octanol–water partition coefficient (Wildman–Crippen LogP) is 2.09. The number of rotatable bonds is 3. The largest absolute Gasteiger partial charge is 0.342 e. The molecule has 3 rings (SSSR count). The molecule has 2 N–H and O–H groups in total. The van der Waals surface area contributed by atoms with Crippen molar-refractivity contribution in [2.45, 2.75) is 46.2 Å². The maximum absolute atomic E-state index is 12.0. The molecule has 126 valence electrons. The number of nitrogens with zero attached hydrogens (tertiary/aromatic N) is 2. The molecule has 0 unspecified atom stereocenters. The zero-order chi connectivity index (χ0) is 17.1. The highest BCUT2D eigenvalue weighted by atomic mass is 16.2. The van der Waals surface area contributed by atoms with Crippen molar-refractivity contribution in [1.82, 2.24) is 14.9 Å². The molecule has 0 saturated heterocycles. The molecule has 0 saturated carbocycles. The van der Waals surface area contributed by atoms with Gasteiger partial charge in [-0.1, -0.05) is 17.7 Å². The first-order valence-electron chi connectivity index (χ1n) is 8.24. The van der Waals surface area contributed by atoms with E-state index in [1.165, 1.54) is 0 Å². The number of benzene rings is 1. The summed E-state index contributed by atoms with van der Waals surface area (Å²) in [6.45, 7) is 5.12. The van der Waals surface area contributed by atoms with Gasteiger partial charge in [0.25, 0.3) is 0 Å². The summed E-state index contributed by atoms with van der Waals surface area (Å²) in [5.74, 6) is -0.253. The summed E-state index contributed by atoms with van der Waals surface area (Å²) in [6, 6.07) is 5.67. The lowest BCUT2D eigenvalue weighted by molar-refractivity contribution is -0.136. The number of amides is 2. The number of imidazole rings is 1. The topological polar surface area (TPSA) is 76.0 Å². The highest BCUT2D eigenvalue weighted by Gasteiger charge is 2.16. The molecular weight excluding hydrogens is 304 g/mol. The van der Waals surface area contributed by atoms with E-state index in [9.17, 15) is 9.59 Å². The van der Waals surface area contributed by atoms with Crippen LogP contribution in [0.3, 0.4) is 0 Å². The van der Waals surface area contributed by atoms with Crippen LogP contribution in [0, 0.1) is 13.8 Å². The fourth-order valence-electron chi connectivity index (χ4n) is 2.94. The van der Waals surface area contributed by atoms with E-state index in [1.54, 1.807) is 6.07 Å². The van der Waals surface area contributed by atoms with Crippen molar-refractivity contribution in [1.29, 1.82) is 0 Å². The van der Waals surface area contributed by atoms with Gasteiger partial charge in [0.15, 0.2) is 0 Å². The third-order valence-corrected chi connectivity index (χ3v) is 4.22. The highest BCUT2D eigenvalue weighted by molar-refractivity contribution is 6.39. The second kappa shape index (κ2) is 6.86. The lowest BCUT2D eigenvalue weighted by Gasteiger charge is -2.11. The third kappa shape index (κ3) is 3.64. The van der Waals surface area contributed by atoms with Crippen LogP contribution in [0.2, 0.25) is 0 Å². The van der Waals surface area contributed by atoms with E-state index < -0.39 is 11.8 Å². The van der Waals surface area contributed by atoms with Gasteiger partial charge in [0, 0.05) is 24.8 Å². The Morgan fingerprint density at radius 2 is 2.04 bits per heavy atom. The van der Waals surface area contributed by atoms with Gasteiger partial charge >= 0.3 is 11.8 Å². The summed E-state index contributed by atoms with van der Waals surface area (Å²) in [7, 11) is 0. The van der Waals surface area contributed by atoms with Crippen molar-refractivity contribution >= 4 is 17.5 Å². The maximum atomic E-state index is 12.0. The van der Waals surface area contributed by atoms with Crippen LogP contribution in [0.5, 0.6) is 0 Å². The normalized spacial score (nSPS) is 13.2. The van der Waals surface area contributed by atoms with E-state index in [0.717, 1.165) is 48.5 Å². The van der Waals surface area contributed by atoms with Crippen molar-refractivity contribution in [3.8, 4) is 0 Å². The number of hydrogen-bond donors (Lipinski definition) is 2. The first-order valence-corrected chi connectivity index (χ1v) is 8.24. The molecule has 1 aliphatic heterocycles. The number of carbonyl (C=O) groups excluding carboxylic acids is 2. The van der Waals surface area contributed by atoms with Gasteiger partial charge in [0.2, 0.25) is 0 Å². The monoisotopic (exact) mass is 326 g/mol. The predicted molar refractivity (Wildman–Crippen MR) is 91.6 cm³/mol. The van der Waals surface area contributed by atoms with E-state index in [4.69, 9.17) is 0 Å². The van der Waals surface area contributed by atoms with E-state index in [0.29, 0.717) is 5.69 Å². The van der Waals surface area contributed by atoms with Crippen molar-refractivity contribution in [3.05, 3.63) is 47.0 Å². The number of fused-ring (bicyclic) bond motifs is 1. The second-order valence-corrected chi connectivity index (χ2v) is 6.25. The van der Waals surface area contributed by atoms with Crippen LogP contribution >= 0.6 is 0 Å². The molecule has 1 aromatic heterocycles. The Balaban J connectivity index is 1.56. The van der Waals surface area contributed by atoms with E-state index in [-0.39, 0.29) is 6.54 Å². The average molecular weight is 326 g/mol. The Kier molecular flexibility index (Phi) is 4.64. The Bertz CT molecular complexity index is 756. The molecule has 2 amide bonds. The molecule has 2 aromatic rings. The molecule has 0 bridgehead atoms. The summed E-state index contributed by atoms with van der Waals surface area (Å²) in [5.41, 5.74) is 3.48. The van der Waals surface area contributed by atoms with Crippen LogP contribution in [0.4, 0.5) is 5.69 Å². The number of aromatic nitrogens is 2. The Hall–Kier alpha value is -2.63. The van der Waals surface area contributed by atoms with Gasteiger partial charge in [0.05, 0.1) is 12.2 Å². The van der Waals surface area contributed by atoms with Crippen LogP contribution in [-0.2, 0) is 29.1 Å². The fraction of sp³-hybridized carbons (Fsp3) is 0.389. The number of carbonyl (C=O) groups is 2. The number of nitrogens with one attached hydrogen (secondary N) is 2. The van der Waals surface area contributed by atoms with Gasteiger partial charge < -0.3 is 15.2 Å². The Morgan fingerprint density at radius 3 is 2.79 bits per heavy atom. The average Bonchev–Trinajstić information content (AvgIpc) is 2.98. The molecule has 0 radical (unpaired) electrons. The second-order valence-electron chi connectivity index (χ2n) is 6.25. The SMILES string of the molecule is Cc1ccc(NC(=O)C(=O)NCc2cn3c(n2)CCCC3)c(C)c1. The summed E-state index contributed by atoms with van der Waals surface area (Å²) in [6.07, 6.45) is 5.24. The molecule has 2 heterocycles. The lowest BCUT2D eigenvalue weighted by atomic mass is 10.1. The summed E-state index contributed by atoms with van der Waals surface area (Å²) in [5, 5.41) is 5.28. The first-order chi connectivity index (χ1) is 11.5. The number of hydrogen-bond acceptors (Lipinski definition) is 3. The van der Waals surface area contributed by atoms with Gasteiger partial charge in [-0.3, -0.25) is 9.59 Å². The van der Waals surface area contributed by atoms with Gasteiger partial charge in [-0.05, 0) is 38.3 Å². The number of anilines is 1. The first kappa shape index (κ1) is 16.2. The molecule has 0 fully saturated rings. The highest BCUT2D eigenvalue weighted by Crippen LogP contribution is 2.16. The number of aryl methyl sites for hydroxylation is 4. The minimum Gasteiger partial charge on any atom is -0.342 e. The third-order valence-electron chi connectivity index (χ3n) is 4.22. The van der Waals surface area contributed by atoms with E-state index in [1.807, 2.05) is 32.2 Å². The molecule has 6 heteroatoms. The molecule has 0 atom stereocenters. The zero-order valence-corrected chi connectivity index (χ0v) is 14.1. The van der Waals surface area contributed by atoms with Gasteiger partial charge in [-0.2, -0.15) is 0 Å². The standard InChI is InChI=1S/C18H22N4O2/c1-12-6-7-15(13(2)9-12)21-18(24)17(23)19-10-14-11-22-8-4-3-5-16(22)20-14/h6-7,9,11H,3-5,8,10H2,1-2H3,(H,19,23)(H,21,24). The minimum absolute atomic E-state index is 0.263. The van der Waals surface area contributed by atoms with Gasteiger partial charge in [-0.15, -0.1) is 0 Å². The van der Waals surface area contributed by atoms with Crippen molar-refractivity contribution in [2.24, 2.45) is 0 Å². The van der Waals surface area contributed by atoms with Crippen LogP contribution < -0.4 is 10.6 Å². The molecule has 6 nitrogen and oxygen atoms in total. The van der Waals surface area contributed by atoms with E-state index >= 15 is 0 Å². The molecule has 24 heavy (non-hydrogen) atoms. The molecule has 0 spiro atoms. The van der Waals surface area contributed by atoms with Gasteiger partial charge in [0.1, 0.15) is 5.82 Å². The minimum atomic E-state index is -0.661. The Labute approximate surface area is 141 Å². The maximum Gasteiger partial charge on any atom is 0.313 e. The molecule has 0 aliphatic carbocycles. The van der Waals surface area contributed by atoms with Crippen LogP contribution in [0.1, 0.15) is 35.5 Å². The summed E-state index contributed by atoms with van der Waals surface area (Å²) >= 11 is 0. The van der Waals surface area contributed by atoms with Gasteiger partial charge in [-0.25, -0.2) is 4.98 Å². The zero-order valence-electron chi connectivity index (χ0n) is 14.1. The van der Waals surface area contributed by atoms with Crippen molar-refractivity contribution < 1.29 is 9.59 Å². The molecule has 1 aromatic carbocycles. The smallest absolute Gasteiger partial charge is 0.313 e. The van der Waals surface area contributed by atoms with Crippen LogP contribution in [0.15, 0.2) is 24.4 Å². The quantitative estimate of drug-likeness (QED) is 0.848. The summed E-state index contributed by atoms with van der Waals surface area (Å²) in [4.78, 5) is 28.5. The van der Waals surface area contributed by atoms with Crippen molar-refractivity contribution in [2.75, 3.05) is 5.32 Å². The molecular formula is C18H22N4O2. The van der Waals surface area contributed by atoms with E-state index in [2.05, 4.69) is 20.2 Å². The van der Waals surface area contributed by atoms with Crippen LogP contribution in [0.25, 0.3) is 0 Å². The fourth-order valence-corrected chi connectivity index (χ4v) is 2.94. The van der Waals surface area contributed by atoms with Crippen molar-refractivity contribution in [3.63, 3.8) is 0 Å². The summed E-state index contributed by atoms with van der Waals surface area (Å²) < 4.78 is 2.13. The molecule has 1 aliphatic rings.